The fourth-order valence-corrected chi connectivity index (χ4v) is 3.61. The average Bonchev–Trinajstić information content (AvgIpc) is 3.22. The molecule has 1 fully saturated rings. The van der Waals surface area contributed by atoms with Crippen molar-refractivity contribution < 1.29 is 14.7 Å². The van der Waals surface area contributed by atoms with Gasteiger partial charge in [0.1, 0.15) is 11.7 Å². The summed E-state index contributed by atoms with van der Waals surface area (Å²) in [6.45, 7) is 0.493. The molecule has 1 aliphatic rings. The lowest BCUT2D eigenvalue weighted by Crippen LogP contribution is -2.40. The van der Waals surface area contributed by atoms with Crippen LogP contribution in [0.3, 0.4) is 0 Å². The predicted molar refractivity (Wildman–Crippen MR) is 87.7 cm³/mol. The van der Waals surface area contributed by atoms with Gasteiger partial charge >= 0.3 is 5.97 Å². The van der Waals surface area contributed by atoms with Gasteiger partial charge in [0.25, 0.3) is 5.91 Å². The zero-order chi connectivity index (χ0) is 16.2. The Kier molecular flexibility index (Phi) is 4.71. The second-order valence-electron chi connectivity index (χ2n) is 5.61. The maximum absolute atomic E-state index is 12.5. The monoisotopic (exact) mass is 330 g/mol. The number of amides is 1. The molecule has 1 saturated heterocycles. The van der Waals surface area contributed by atoms with Crippen molar-refractivity contribution in [3.8, 4) is 0 Å². The standard InChI is InChI=1S/C17H18N2O3S/c20-16(19-10-4-7-14(19)17(21)22)13-11-23-15(18-13)9-8-12-5-2-1-3-6-12/h1-3,5-6,11,14H,4,7-10H2,(H,21,22)/t14-/m0/s1. The number of carbonyl (C=O) groups excluding carboxylic acids is 1. The Bertz CT molecular complexity index is 699. The number of hydrogen-bond acceptors (Lipinski definition) is 4. The minimum absolute atomic E-state index is 0.267. The van der Waals surface area contributed by atoms with Crippen molar-refractivity contribution in [2.45, 2.75) is 31.7 Å². The van der Waals surface area contributed by atoms with E-state index in [1.807, 2.05) is 18.2 Å². The van der Waals surface area contributed by atoms with E-state index < -0.39 is 12.0 Å². The highest BCUT2D eigenvalue weighted by atomic mass is 32.1. The lowest BCUT2D eigenvalue weighted by Gasteiger charge is -2.20. The molecule has 120 valence electrons. The summed E-state index contributed by atoms with van der Waals surface area (Å²) in [5.41, 5.74) is 1.60. The Hall–Kier alpha value is -2.21. The number of benzene rings is 1. The summed E-state index contributed by atoms with van der Waals surface area (Å²) < 4.78 is 0. The van der Waals surface area contributed by atoms with E-state index in [2.05, 4.69) is 17.1 Å². The van der Waals surface area contributed by atoms with Crippen molar-refractivity contribution in [1.82, 2.24) is 9.88 Å². The second kappa shape index (κ2) is 6.91. The van der Waals surface area contributed by atoms with Gasteiger partial charge < -0.3 is 10.0 Å². The van der Waals surface area contributed by atoms with Gasteiger partial charge in [-0.05, 0) is 24.8 Å². The Balaban J connectivity index is 1.64. The van der Waals surface area contributed by atoms with Gasteiger partial charge in [0.15, 0.2) is 0 Å². The summed E-state index contributed by atoms with van der Waals surface area (Å²) in [6.07, 6.45) is 2.91. The van der Waals surface area contributed by atoms with Gasteiger partial charge in [0, 0.05) is 18.3 Å². The number of rotatable bonds is 5. The van der Waals surface area contributed by atoms with Crippen LogP contribution in [-0.2, 0) is 17.6 Å². The smallest absolute Gasteiger partial charge is 0.326 e. The first kappa shape index (κ1) is 15.7. The number of hydrogen-bond donors (Lipinski definition) is 1. The van der Waals surface area contributed by atoms with Crippen LogP contribution < -0.4 is 0 Å². The number of likely N-dealkylation sites (tertiary alicyclic amines) is 1. The zero-order valence-electron chi connectivity index (χ0n) is 12.6. The third-order valence-electron chi connectivity index (χ3n) is 4.04. The van der Waals surface area contributed by atoms with Crippen LogP contribution in [0.5, 0.6) is 0 Å². The lowest BCUT2D eigenvalue weighted by molar-refractivity contribution is -0.141. The van der Waals surface area contributed by atoms with Crippen molar-refractivity contribution in [2.75, 3.05) is 6.54 Å². The second-order valence-corrected chi connectivity index (χ2v) is 6.55. The highest BCUT2D eigenvalue weighted by Crippen LogP contribution is 2.22. The number of aromatic nitrogens is 1. The highest BCUT2D eigenvalue weighted by Gasteiger charge is 2.35. The van der Waals surface area contributed by atoms with Gasteiger partial charge in [-0.3, -0.25) is 4.79 Å². The summed E-state index contributed by atoms with van der Waals surface area (Å²) >= 11 is 1.46. The third-order valence-corrected chi connectivity index (χ3v) is 4.95. The molecule has 1 aromatic carbocycles. The van der Waals surface area contributed by atoms with E-state index in [0.29, 0.717) is 18.7 Å². The number of thiazole rings is 1. The van der Waals surface area contributed by atoms with Gasteiger partial charge in [-0.1, -0.05) is 30.3 Å². The van der Waals surface area contributed by atoms with E-state index in [9.17, 15) is 14.7 Å². The largest absolute Gasteiger partial charge is 0.480 e. The molecule has 0 unspecified atom stereocenters. The number of nitrogens with zero attached hydrogens (tertiary/aromatic N) is 2. The number of carbonyl (C=O) groups is 2. The molecule has 1 aliphatic heterocycles. The molecule has 0 radical (unpaired) electrons. The molecular formula is C17H18N2O3S. The number of carboxylic acids is 1. The first-order chi connectivity index (χ1) is 11.1. The molecule has 0 spiro atoms. The topological polar surface area (TPSA) is 70.5 Å². The van der Waals surface area contributed by atoms with Crippen LogP contribution >= 0.6 is 11.3 Å². The van der Waals surface area contributed by atoms with Crippen LogP contribution in [-0.4, -0.2) is 39.5 Å². The summed E-state index contributed by atoms with van der Waals surface area (Å²) in [6, 6.07) is 9.43. The molecule has 3 rings (SSSR count). The molecule has 0 saturated carbocycles. The van der Waals surface area contributed by atoms with Crippen LogP contribution in [0.4, 0.5) is 0 Å². The zero-order valence-corrected chi connectivity index (χ0v) is 13.5. The number of carboxylic acid groups (broad SMARTS) is 1. The Morgan fingerprint density at radius 2 is 2.04 bits per heavy atom. The first-order valence-electron chi connectivity index (χ1n) is 7.67. The molecule has 23 heavy (non-hydrogen) atoms. The first-order valence-corrected chi connectivity index (χ1v) is 8.55. The fraction of sp³-hybridized carbons (Fsp3) is 0.353. The molecule has 1 aromatic heterocycles. The Morgan fingerprint density at radius 3 is 2.78 bits per heavy atom. The average molecular weight is 330 g/mol. The normalized spacial score (nSPS) is 17.4. The third kappa shape index (κ3) is 3.59. The minimum Gasteiger partial charge on any atom is -0.480 e. The van der Waals surface area contributed by atoms with Gasteiger partial charge in [-0.2, -0.15) is 0 Å². The van der Waals surface area contributed by atoms with Gasteiger partial charge in [-0.25, -0.2) is 9.78 Å². The van der Waals surface area contributed by atoms with E-state index in [1.165, 1.54) is 21.8 Å². The molecule has 0 bridgehead atoms. The molecule has 2 heterocycles. The van der Waals surface area contributed by atoms with E-state index >= 15 is 0 Å². The number of aliphatic carboxylic acids is 1. The van der Waals surface area contributed by atoms with Crippen molar-refractivity contribution in [2.24, 2.45) is 0 Å². The van der Waals surface area contributed by atoms with Gasteiger partial charge in [-0.15, -0.1) is 11.3 Å². The summed E-state index contributed by atoms with van der Waals surface area (Å²) in [5, 5.41) is 11.8. The SMILES string of the molecule is O=C(O)[C@@H]1CCCN1C(=O)c1csc(CCc2ccccc2)n1. The highest BCUT2D eigenvalue weighted by molar-refractivity contribution is 7.09. The van der Waals surface area contributed by atoms with Crippen molar-refractivity contribution in [3.05, 3.63) is 52.0 Å². The number of aryl methyl sites for hydroxylation is 2. The van der Waals surface area contributed by atoms with Crippen molar-refractivity contribution in [1.29, 1.82) is 0 Å². The molecule has 0 aliphatic carbocycles. The van der Waals surface area contributed by atoms with Gasteiger partial charge in [0.2, 0.25) is 0 Å². The maximum Gasteiger partial charge on any atom is 0.326 e. The van der Waals surface area contributed by atoms with Crippen molar-refractivity contribution in [3.63, 3.8) is 0 Å². The van der Waals surface area contributed by atoms with E-state index in [-0.39, 0.29) is 5.91 Å². The lowest BCUT2D eigenvalue weighted by atomic mass is 10.1. The van der Waals surface area contributed by atoms with Crippen LogP contribution in [0.1, 0.15) is 33.9 Å². The fourth-order valence-electron chi connectivity index (χ4n) is 2.83. The van der Waals surface area contributed by atoms with Crippen molar-refractivity contribution >= 4 is 23.2 Å². The van der Waals surface area contributed by atoms with E-state index in [0.717, 1.165) is 24.3 Å². The summed E-state index contributed by atoms with van der Waals surface area (Å²) in [4.78, 5) is 29.5. The van der Waals surface area contributed by atoms with Crippen LogP contribution in [0.25, 0.3) is 0 Å². The summed E-state index contributed by atoms with van der Waals surface area (Å²) in [5.74, 6) is -1.20. The maximum atomic E-state index is 12.5. The quantitative estimate of drug-likeness (QED) is 0.915. The van der Waals surface area contributed by atoms with Crippen LogP contribution in [0.2, 0.25) is 0 Å². The Morgan fingerprint density at radius 1 is 1.26 bits per heavy atom. The molecule has 6 heteroatoms. The minimum atomic E-state index is -0.935. The predicted octanol–water partition coefficient (Wildman–Crippen LogP) is 2.62. The van der Waals surface area contributed by atoms with Crippen LogP contribution in [0.15, 0.2) is 35.7 Å². The van der Waals surface area contributed by atoms with E-state index in [1.54, 1.807) is 5.38 Å². The molecule has 1 atom stereocenters. The molecule has 2 aromatic rings. The van der Waals surface area contributed by atoms with Gasteiger partial charge in [0.05, 0.1) is 5.01 Å². The van der Waals surface area contributed by atoms with E-state index in [4.69, 9.17) is 0 Å². The Labute approximate surface area is 138 Å². The molecule has 5 nitrogen and oxygen atoms in total. The molecule has 1 N–H and O–H groups in total. The molecular weight excluding hydrogens is 312 g/mol. The van der Waals surface area contributed by atoms with Crippen LogP contribution in [0, 0.1) is 0 Å². The molecule has 1 amide bonds. The summed E-state index contributed by atoms with van der Waals surface area (Å²) in [7, 11) is 0.